The summed E-state index contributed by atoms with van der Waals surface area (Å²) in [7, 11) is -1.82. The zero-order chi connectivity index (χ0) is 36.5. The number of carbonyl (C=O) groups is 1. The third-order valence-electron chi connectivity index (χ3n) is 7.80. The number of sulfone groups is 1. The zero-order valence-electron chi connectivity index (χ0n) is 27.5. The lowest BCUT2D eigenvalue weighted by Gasteiger charge is -2.21. The Labute approximate surface area is 304 Å². The summed E-state index contributed by atoms with van der Waals surface area (Å²) in [4.78, 5) is 18.7. The van der Waals surface area contributed by atoms with E-state index in [1.807, 2.05) is 0 Å². The number of fused-ring (bicyclic) bond motifs is 1. The molecule has 3 aromatic carbocycles. The molecule has 0 aliphatic heterocycles. The van der Waals surface area contributed by atoms with Crippen molar-refractivity contribution in [1.82, 2.24) is 14.8 Å². The molecule has 5 aromatic rings. The molecule has 0 unspecified atom stereocenters. The summed E-state index contributed by atoms with van der Waals surface area (Å²) in [5, 5.41) is 16.1. The Morgan fingerprint density at radius 2 is 1.68 bits per heavy atom. The Morgan fingerprint density at radius 1 is 1.00 bits per heavy atom. The molecule has 2 heterocycles. The summed E-state index contributed by atoms with van der Waals surface area (Å²) in [6.07, 6.45) is 0.926. The lowest BCUT2D eigenvalue weighted by atomic mass is 9.85. The summed E-state index contributed by atoms with van der Waals surface area (Å²) >= 11 is 19.3. The number of ketones is 1. The molecule has 0 bridgehead atoms. The molecule has 13 heteroatoms. The molecule has 2 aromatic heterocycles. The average Bonchev–Trinajstić information content (AvgIpc) is 3.32. The van der Waals surface area contributed by atoms with Crippen LogP contribution in [-0.2, 0) is 40.3 Å². The second kappa shape index (κ2) is 14.8. The maximum atomic E-state index is 14.5. The van der Waals surface area contributed by atoms with Crippen molar-refractivity contribution in [2.24, 2.45) is 7.05 Å². The predicted octanol–water partition coefficient (Wildman–Crippen LogP) is 8.07. The van der Waals surface area contributed by atoms with Crippen molar-refractivity contribution in [3.8, 4) is 23.0 Å². The quantitative estimate of drug-likeness (QED) is 0.145. The van der Waals surface area contributed by atoms with Crippen molar-refractivity contribution in [1.29, 1.82) is 0 Å². The third kappa shape index (κ3) is 9.08. The summed E-state index contributed by atoms with van der Waals surface area (Å²) in [5.74, 6) is 2.73. The summed E-state index contributed by atoms with van der Waals surface area (Å²) in [6.45, 7) is 3.05. The van der Waals surface area contributed by atoms with E-state index in [0.29, 0.717) is 43.9 Å². The molecule has 0 fully saturated rings. The fourth-order valence-corrected chi connectivity index (χ4v) is 7.20. The average molecular weight is 759 g/mol. The van der Waals surface area contributed by atoms with Crippen molar-refractivity contribution in [3.63, 3.8) is 0 Å². The van der Waals surface area contributed by atoms with Crippen molar-refractivity contribution < 1.29 is 27.1 Å². The predicted molar refractivity (Wildman–Crippen MR) is 193 cm³/mol. The van der Waals surface area contributed by atoms with Gasteiger partial charge in [-0.25, -0.2) is 22.2 Å². The summed E-state index contributed by atoms with van der Waals surface area (Å²) in [6, 6.07) is 14.9. The highest BCUT2D eigenvalue weighted by atomic mass is 35.5. The first kappa shape index (κ1) is 37.4. The number of pyridine rings is 1. The Hall–Kier alpha value is -3.85. The van der Waals surface area contributed by atoms with Gasteiger partial charge in [0.05, 0.1) is 37.7 Å². The Morgan fingerprint density at radius 3 is 2.34 bits per heavy atom. The van der Waals surface area contributed by atoms with Crippen LogP contribution in [0.4, 0.5) is 8.78 Å². The van der Waals surface area contributed by atoms with Crippen molar-refractivity contribution in [3.05, 3.63) is 116 Å². The van der Waals surface area contributed by atoms with E-state index in [0.717, 1.165) is 12.3 Å². The molecule has 1 atom stereocenters. The number of halogens is 5. The molecule has 0 radical (unpaired) electrons. The van der Waals surface area contributed by atoms with Crippen LogP contribution in [0, 0.1) is 23.5 Å². The molecular formula is C37H32Cl3F2N3O4S. The third-order valence-corrected chi connectivity index (χ3v) is 9.78. The molecule has 5 rings (SSSR count). The highest BCUT2D eigenvalue weighted by Crippen LogP contribution is 2.40. The highest BCUT2D eigenvalue weighted by Gasteiger charge is 2.27. The molecule has 0 amide bonds. The fraction of sp³-hybridized carbons (Fsp3) is 0.270. The maximum Gasteiger partial charge on any atom is 0.153 e. The van der Waals surface area contributed by atoms with Gasteiger partial charge in [-0.1, -0.05) is 58.9 Å². The number of carbonyl (C=O) groups excluding carboxylic acids is 1. The number of hydrogen-bond acceptors (Lipinski definition) is 6. The molecule has 0 aliphatic rings. The topological polar surface area (TPSA) is 102 Å². The number of benzene rings is 3. The van der Waals surface area contributed by atoms with Crippen LogP contribution < -0.4 is 0 Å². The smallest absolute Gasteiger partial charge is 0.153 e. The van der Waals surface area contributed by atoms with Crippen LogP contribution in [0.1, 0.15) is 54.4 Å². The molecule has 0 saturated carbocycles. The van der Waals surface area contributed by atoms with E-state index in [-0.39, 0.29) is 52.2 Å². The van der Waals surface area contributed by atoms with Crippen LogP contribution in [0.15, 0.2) is 60.7 Å². The number of aliphatic hydroxyl groups is 1. The summed E-state index contributed by atoms with van der Waals surface area (Å²) < 4.78 is 55.0. The van der Waals surface area contributed by atoms with Crippen molar-refractivity contribution >= 4 is 61.3 Å². The molecule has 260 valence electrons. The van der Waals surface area contributed by atoms with E-state index in [2.05, 4.69) is 16.9 Å². The minimum absolute atomic E-state index is 0.00746. The Bertz CT molecular complexity index is 2290. The van der Waals surface area contributed by atoms with Crippen LogP contribution in [0.25, 0.3) is 22.0 Å². The first-order chi connectivity index (χ1) is 23.4. The number of rotatable bonds is 10. The minimum Gasteiger partial charge on any atom is -0.378 e. The standard InChI is InChI=1S/C37H32Cl3F2N3O4S/c1-37(2,47)13-12-26-8-9-28(29-10-11-30(38)33-32(20-50(4,48)49)44-45(3)36(29)33)35(43-26)23(14-21-15-24(41)19-25(42)16-21)18-27(46)17-22-6-5-7-31(39)34(22)40/h5-11,15-16,19,23,47H,14,17-18,20H2,1-4H3/t23-/m1/s1. The van der Waals surface area contributed by atoms with E-state index < -0.39 is 33.0 Å². The van der Waals surface area contributed by atoms with Crippen molar-refractivity contribution in [2.75, 3.05) is 6.26 Å². The highest BCUT2D eigenvalue weighted by molar-refractivity contribution is 7.89. The van der Waals surface area contributed by atoms with Crippen LogP contribution in [-0.4, -0.2) is 45.9 Å². The fourth-order valence-electron chi connectivity index (χ4n) is 5.85. The molecule has 7 nitrogen and oxygen atoms in total. The van der Waals surface area contributed by atoms with E-state index in [9.17, 15) is 27.1 Å². The zero-order valence-corrected chi connectivity index (χ0v) is 30.6. The first-order valence-electron chi connectivity index (χ1n) is 15.4. The van der Waals surface area contributed by atoms with Crippen molar-refractivity contribution in [2.45, 2.75) is 50.4 Å². The number of Topliss-reactive ketones (excluding diaryl/α,β-unsaturated/α-hetero) is 1. The van der Waals surface area contributed by atoms with E-state index >= 15 is 0 Å². The van der Waals surface area contributed by atoms with Gasteiger partial charge in [-0.15, -0.1) is 0 Å². The Balaban J connectivity index is 1.74. The van der Waals surface area contributed by atoms with E-state index in [1.165, 1.54) is 30.7 Å². The SMILES string of the molecule is Cn1nc(CS(C)(=O)=O)c2c(Cl)ccc(-c3ccc(C#CC(C)(C)O)nc3[C@@H](CC(=O)Cc3cccc(Cl)c3Cl)Cc3cc(F)cc(F)c3)c21. The van der Waals surface area contributed by atoms with Gasteiger partial charge in [-0.3, -0.25) is 9.48 Å². The minimum atomic E-state index is -3.48. The molecule has 0 aliphatic carbocycles. The molecule has 1 N–H and O–H groups in total. The largest absolute Gasteiger partial charge is 0.378 e. The van der Waals surface area contributed by atoms with Gasteiger partial charge in [0.1, 0.15) is 28.7 Å². The van der Waals surface area contributed by atoms with Gasteiger partial charge in [0.2, 0.25) is 0 Å². The van der Waals surface area contributed by atoms with Gasteiger partial charge in [-0.05, 0) is 73.7 Å². The molecule has 0 spiro atoms. The number of nitrogens with zero attached hydrogens (tertiary/aromatic N) is 3. The lowest BCUT2D eigenvalue weighted by Crippen LogP contribution is -2.16. The molecule has 50 heavy (non-hydrogen) atoms. The van der Waals surface area contributed by atoms with Gasteiger partial charge < -0.3 is 5.11 Å². The first-order valence-corrected chi connectivity index (χ1v) is 18.6. The lowest BCUT2D eigenvalue weighted by molar-refractivity contribution is -0.118. The van der Waals surface area contributed by atoms with Crippen LogP contribution in [0.3, 0.4) is 0 Å². The van der Waals surface area contributed by atoms with Gasteiger partial charge in [0, 0.05) is 54.6 Å². The Kier molecular flexibility index (Phi) is 11.1. The number of aryl methyl sites for hydroxylation is 1. The number of aromatic nitrogens is 3. The maximum absolute atomic E-state index is 14.5. The van der Waals surface area contributed by atoms with E-state index in [1.54, 1.807) is 49.5 Å². The number of hydrogen-bond donors (Lipinski definition) is 1. The van der Waals surface area contributed by atoms with Gasteiger partial charge in [-0.2, -0.15) is 5.10 Å². The van der Waals surface area contributed by atoms with Crippen LogP contribution in [0.2, 0.25) is 15.1 Å². The van der Waals surface area contributed by atoms with Gasteiger partial charge in [0.25, 0.3) is 0 Å². The van der Waals surface area contributed by atoms with E-state index in [4.69, 9.17) is 39.8 Å². The van der Waals surface area contributed by atoms with Crippen LogP contribution >= 0.6 is 34.8 Å². The monoisotopic (exact) mass is 757 g/mol. The normalized spacial score (nSPS) is 12.5. The molecule has 0 saturated heterocycles. The van der Waals surface area contributed by atoms with Crippen LogP contribution in [0.5, 0.6) is 0 Å². The molecular weight excluding hydrogens is 727 g/mol. The van der Waals surface area contributed by atoms with Gasteiger partial charge in [0.15, 0.2) is 9.84 Å². The second-order valence-corrected chi connectivity index (χ2v) is 16.0. The van der Waals surface area contributed by atoms with Gasteiger partial charge >= 0.3 is 0 Å². The summed E-state index contributed by atoms with van der Waals surface area (Å²) in [5.41, 5.74) is 2.01. The second-order valence-electron chi connectivity index (χ2n) is 12.7.